The molecule has 200 valence electrons. The van der Waals surface area contributed by atoms with Crippen molar-refractivity contribution in [3.05, 3.63) is 40.9 Å². The van der Waals surface area contributed by atoms with E-state index in [1.165, 1.54) is 10.4 Å². The summed E-state index contributed by atoms with van der Waals surface area (Å²) in [4.78, 5) is 27.5. The van der Waals surface area contributed by atoms with Gasteiger partial charge in [-0.1, -0.05) is 27.9 Å². The summed E-state index contributed by atoms with van der Waals surface area (Å²) < 4.78 is 34.9. The first-order valence-corrected chi connectivity index (χ1v) is 14.8. The summed E-state index contributed by atoms with van der Waals surface area (Å²) >= 11 is 6.16. The van der Waals surface area contributed by atoms with Gasteiger partial charge in [0.2, 0.25) is 5.91 Å². The zero-order valence-electron chi connectivity index (χ0n) is 20.9. The Morgan fingerprint density at radius 2 is 1.78 bits per heavy atom. The Labute approximate surface area is 222 Å². The molecule has 1 aromatic carbocycles. The Kier molecular flexibility index (Phi) is 7.67. The van der Waals surface area contributed by atoms with Crippen LogP contribution in [0, 0.1) is 5.92 Å². The van der Waals surface area contributed by atoms with Gasteiger partial charge in [-0.15, -0.1) is 14.5 Å². The molecule has 1 amide bonds. The van der Waals surface area contributed by atoms with Gasteiger partial charge < -0.3 is 18.8 Å². The number of fused-ring (bicyclic) bond motifs is 1. The van der Waals surface area contributed by atoms with Gasteiger partial charge in [0, 0.05) is 38.5 Å². The van der Waals surface area contributed by atoms with Crippen molar-refractivity contribution in [2.75, 3.05) is 32.8 Å². The molecule has 0 bridgehead atoms. The van der Waals surface area contributed by atoms with Crippen LogP contribution in [0.15, 0.2) is 29.2 Å². The molecule has 2 saturated heterocycles. The molecule has 37 heavy (non-hydrogen) atoms. The standard InChI is InChI=1S/C25H32ClN5O5S/c1-2-36-25(33)18-9-13-29(14-10-18)24(32)20-7-8-22-27-28-23(31(20)22)17-11-15-30(16-12-17)37(34,35)21-6-4-3-5-19(21)26/h3-6,17-18,20H,2,7-16H2,1H3. The third-order valence-electron chi connectivity index (χ3n) is 7.73. The average Bonchev–Trinajstić information content (AvgIpc) is 3.51. The number of sulfonamides is 1. The number of likely N-dealkylation sites (tertiary alicyclic amines) is 1. The highest BCUT2D eigenvalue weighted by atomic mass is 35.5. The molecule has 0 aliphatic carbocycles. The lowest BCUT2D eigenvalue weighted by molar-refractivity contribution is -0.151. The quantitative estimate of drug-likeness (QED) is 0.401. The minimum absolute atomic E-state index is 0.0156. The van der Waals surface area contributed by atoms with E-state index in [0.717, 1.165) is 11.6 Å². The number of carbonyl (C=O) groups excluding carboxylic acids is 2. The lowest BCUT2D eigenvalue weighted by Gasteiger charge is -2.35. The molecule has 0 radical (unpaired) electrons. The van der Waals surface area contributed by atoms with Crippen molar-refractivity contribution in [2.45, 2.75) is 62.3 Å². The first kappa shape index (κ1) is 26.3. The molecule has 5 rings (SSSR count). The molecule has 12 heteroatoms. The molecule has 4 heterocycles. The Bertz CT molecular complexity index is 1210. The van der Waals surface area contributed by atoms with Crippen molar-refractivity contribution >= 4 is 33.9 Å². The van der Waals surface area contributed by atoms with Crippen LogP contribution in [-0.2, 0) is 35.4 Å². The first-order valence-electron chi connectivity index (χ1n) is 12.9. The Morgan fingerprint density at radius 1 is 1.08 bits per heavy atom. The Hall–Kier alpha value is -2.34. The summed E-state index contributed by atoms with van der Waals surface area (Å²) in [5.41, 5.74) is 0. The molecule has 0 saturated carbocycles. The SMILES string of the molecule is CCOC(=O)C1CCN(C(=O)C2CCc3nnc(C4CCN([S+](=O)([O-])c5ccccc5Cl)CC4)n32)CC1. The molecule has 2 atom stereocenters. The Morgan fingerprint density at radius 3 is 2.46 bits per heavy atom. The third-order valence-corrected chi connectivity index (χ3v) is 10.1. The predicted molar refractivity (Wildman–Crippen MR) is 135 cm³/mol. The van der Waals surface area contributed by atoms with E-state index < -0.39 is 10.4 Å². The van der Waals surface area contributed by atoms with Crippen LogP contribution >= 0.6 is 11.6 Å². The number of hydrogen-bond acceptors (Lipinski definition) is 7. The van der Waals surface area contributed by atoms with E-state index in [1.807, 2.05) is 9.47 Å². The number of ether oxygens (including phenoxy) is 1. The zero-order chi connectivity index (χ0) is 26.2. The molecule has 10 nitrogen and oxygen atoms in total. The number of rotatable bonds is 6. The van der Waals surface area contributed by atoms with Crippen LogP contribution < -0.4 is 0 Å². The summed E-state index contributed by atoms with van der Waals surface area (Å²) in [6, 6.07) is 6.13. The molecule has 0 spiro atoms. The molecule has 3 aliphatic rings. The maximum atomic E-state index is 13.5. The predicted octanol–water partition coefficient (Wildman–Crippen LogP) is 3.00. The number of aromatic nitrogens is 3. The van der Waals surface area contributed by atoms with E-state index in [0.29, 0.717) is 71.3 Å². The van der Waals surface area contributed by atoms with E-state index >= 15 is 0 Å². The Balaban J connectivity index is 1.24. The van der Waals surface area contributed by atoms with Gasteiger partial charge in [0.1, 0.15) is 17.7 Å². The molecule has 2 fully saturated rings. The van der Waals surface area contributed by atoms with Crippen LogP contribution in [0.25, 0.3) is 0 Å². The van der Waals surface area contributed by atoms with Crippen LogP contribution in [0.1, 0.15) is 62.6 Å². The second-order valence-corrected chi connectivity index (χ2v) is 12.2. The van der Waals surface area contributed by atoms with Gasteiger partial charge in [-0.3, -0.25) is 9.59 Å². The topological polar surface area (TPSA) is 121 Å². The van der Waals surface area contributed by atoms with Crippen LogP contribution in [0.2, 0.25) is 5.02 Å². The summed E-state index contributed by atoms with van der Waals surface area (Å²) in [7, 11) is -3.68. The van der Waals surface area contributed by atoms with Crippen molar-refractivity contribution in [1.82, 2.24) is 24.0 Å². The van der Waals surface area contributed by atoms with Gasteiger partial charge in [-0.05, 0) is 51.2 Å². The fourth-order valence-electron chi connectivity index (χ4n) is 5.71. The number of esters is 1. The van der Waals surface area contributed by atoms with Gasteiger partial charge in [-0.25, -0.2) is 0 Å². The number of aryl methyl sites for hydroxylation is 1. The van der Waals surface area contributed by atoms with Crippen molar-refractivity contribution in [1.29, 1.82) is 0 Å². The van der Waals surface area contributed by atoms with Gasteiger partial charge in [0.25, 0.3) is 0 Å². The lowest BCUT2D eigenvalue weighted by Crippen LogP contribution is -2.44. The fraction of sp³-hybridized carbons (Fsp3) is 0.600. The van der Waals surface area contributed by atoms with Crippen molar-refractivity contribution in [3.63, 3.8) is 0 Å². The van der Waals surface area contributed by atoms with E-state index in [4.69, 9.17) is 16.3 Å². The average molecular weight is 550 g/mol. The minimum Gasteiger partial charge on any atom is -0.593 e. The summed E-state index contributed by atoms with van der Waals surface area (Å²) in [5.74, 6) is 1.30. The first-order chi connectivity index (χ1) is 17.8. The second-order valence-electron chi connectivity index (χ2n) is 9.86. The summed E-state index contributed by atoms with van der Waals surface area (Å²) in [6.07, 6.45) is 3.76. The highest BCUT2D eigenvalue weighted by Crippen LogP contribution is 2.38. The number of carbonyl (C=O) groups is 2. The molecule has 0 N–H and O–H groups in total. The van der Waals surface area contributed by atoms with Gasteiger partial charge in [0.05, 0.1) is 17.5 Å². The second kappa shape index (κ2) is 10.8. The number of benzene rings is 1. The molecular weight excluding hydrogens is 518 g/mol. The van der Waals surface area contributed by atoms with E-state index in [9.17, 15) is 18.4 Å². The van der Waals surface area contributed by atoms with Crippen LogP contribution in [-0.4, -0.2) is 73.2 Å². The highest BCUT2D eigenvalue weighted by molar-refractivity contribution is 7.95. The van der Waals surface area contributed by atoms with Crippen molar-refractivity contribution in [3.8, 4) is 0 Å². The van der Waals surface area contributed by atoms with Crippen molar-refractivity contribution in [2.24, 2.45) is 5.92 Å². The molecular formula is C25H32ClN5O5S. The maximum absolute atomic E-state index is 13.5. The van der Waals surface area contributed by atoms with E-state index in [-0.39, 0.29) is 39.7 Å². The number of hydrogen-bond donors (Lipinski definition) is 0. The zero-order valence-corrected chi connectivity index (χ0v) is 22.5. The lowest BCUT2D eigenvalue weighted by atomic mass is 9.95. The third kappa shape index (κ3) is 5.06. The van der Waals surface area contributed by atoms with E-state index in [1.54, 1.807) is 25.1 Å². The van der Waals surface area contributed by atoms with Crippen LogP contribution in [0.3, 0.4) is 0 Å². The highest BCUT2D eigenvalue weighted by Gasteiger charge is 2.41. The molecule has 1 aromatic heterocycles. The number of halogens is 1. The summed E-state index contributed by atoms with van der Waals surface area (Å²) in [5, 5.41) is 9.03. The molecule has 3 aliphatic heterocycles. The van der Waals surface area contributed by atoms with Crippen LogP contribution in [0.5, 0.6) is 0 Å². The van der Waals surface area contributed by atoms with Gasteiger partial charge in [-0.2, -0.15) is 0 Å². The molecule has 2 aromatic rings. The monoisotopic (exact) mass is 549 g/mol. The summed E-state index contributed by atoms with van der Waals surface area (Å²) in [6.45, 7) is 3.92. The smallest absolute Gasteiger partial charge is 0.309 e. The van der Waals surface area contributed by atoms with E-state index in [2.05, 4.69) is 10.2 Å². The maximum Gasteiger partial charge on any atom is 0.309 e. The fourth-order valence-corrected chi connectivity index (χ4v) is 7.67. The van der Waals surface area contributed by atoms with Gasteiger partial charge >= 0.3 is 5.97 Å². The number of piperidine rings is 2. The minimum atomic E-state index is -3.68. The normalized spacial score (nSPS) is 23.0. The van der Waals surface area contributed by atoms with Crippen molar-refractivity contribution < 1.29 is 23.1 Å². The molecule has 2 unspecified atom stereocenters. The van der Waals surface area contributed by atoms with Gasteiger partial charge in [0.15, 0.2) is 15.3 Å². The largest absolute Gasteiger partial charge is 0.593 e. The number of amides is 1. The van der Waals surface area contributed by atoms with Crippen LogP contribution in [0.4, 0.5) is 0 Å². The number of nitrogens with zero attached hydrogens (tertiary/aromatic N) is 5.